The second kappa shape index (κ2) is 13.1. The lowest BCUT2D eigenvalue weighted by atomic mass is 9.81. The molecule has 0 spiro atoms. The van der Waals surface area contributed by atoms with Crippen LogP contribution in [0.5, 0.6) is 17.2 Å². The van der Waals surface area contributed by atoms with Crippen LogP contribution in [0.4, 0.5) is 5.69 Å². The van der Waals surface area contributed by atoms with Gasteiger partial charge in [-0.25, -0.2) is 0 Å². The zero-order valence-corrected chi connectivity index (χ0v) is 25.7. The zero-order chi connectivity index (χ0) is 30.7. The minimum atomic E-state index is -0.903. The predicted octanol–water partition coefficient (Wildman–Crippen LogP) is 6.36. The molecule has 2 aliphatic heterocycles. The summed E-state index contributed by atoms with van der Waals surface area (Å²) in [5.74, 6) is 0.183. The molecule has 1 fully saturated rings. The fourth-order valence-corrected chi connectivity index (χ4v) is 6.36. The largest absolute Gasteiger partial charge is 0.493 e. The second-order valence-electron chi connectivity index (χ2n) is 11.9. The number of aliphatic carboxylic acids is 1. The van der Waals surface area contributed by atoms with Gasteiger partial charge in [0.05, 0.1) is 19.1 Å². The Morgan fingerprint density at radius 1 is 1.02 bits per heavy atom. The smallest absolute Gasteiger partial charge is 0.309 e. The van der Waals surface area contributed by atoms with E-state index in [1.54, 1.807) is 0 Å². The number of amides is 1. The van der Waals surface area contributed by atoms with Crippen molar-refractivity contribution in [3.63, 3.8) is 0 Å². The SMILES string of the molecule is CCc1cccc(CC)c1NC(=O)CN1C[C@H](c2cc3c(cc2C)OCO3)[C@@H](C(=O)O)[C@@H]1c1ccc(OCC(C)C)cc1. The Labute approximate surface area is 254 Å². The average Bonchev–Trinajstić information content (AvgIpc) is 3.60. The molecule has 3 atom stereocenters. The first-order valence-electron chi connectivity index (χ1n) is 15.2. The van der Waals surface area contributed by atoms with E-state index in [-0.39, 0.29) is 25.2 Å². The van der Waals surface area contributed by atoms with Gasteiger partial charge in [0.1, 0.15) is 5.75 Å². The first-order valence-corrected chi connectivity index (χ1v) is 15.2. The highest BCUT2D eigenvalue weighted by atomic mass is 16.7. The van der Waals surface area contributed by atoms with Gasteiger partial charge in [-0.3, -0.25) is 14.5 Å². The highest BCUT2D eigenvalue weighted by Crippen LogP contribution is 2.49. The lowest BCUT2D eigenvalue weighted by Gasteiger charge is -2.27. The van der Waals surface area contributed by atoms with Gasteiger partial charge in [-0.1, -0.05) is 58.0 Å². The second-order valence-corrected chi connectivity index (χ2v) is 11.9. The number of likely N-dealkylation sites (tertiary alicyclic amines) is 1. The number of ether oxygens (including phenoxy) is 3. The summed E-state index contributed by atoms with van der Waals surface area (Å²) in [7, 11) is 0. The van der Waals surface area contributed by atoms with Gasteiger partial charge < -0.3 is 24.6 Å². The molecule has 0 saturated carbocycles. The van der Waals surface area contributed by atoms with E-state index in [2.05, 4.69) is 33.0 Å². The Hall–Kier alpha value is -4.04. The zero-order valence-electron chi connectivity index (χ0n) is 25.7. The molecule has 2 heterocycles. The summed E-state index contributed by atoms with van der Waals surface area (Å²) in [4.78, 5) is 28.7. The third kappa shape index (κ3) is 6.49. The van der Waals surface area contributed by atoms with Gasteiger partial charge in [0.2, 0.25) is 12.7 Å². The molecule has 0 aromatic heterocycles. The van der Waals surface area contributed by atoms with Crippen LogP contribution in [0.3, 0.4) is 0 Å². The maximum absolute atomic E-state index is 13.7. The fraction of sp³-hybridized carbons (Fsp3) is 0.429. The summed E-state index contributed by atoms with van der Waals surface area (Å²) in [5, 5.41) is 13.9. The van der Waals surface area contributed by atoms with E-state index in [0.29, 0.717) is 30.6 Å². The molecule has 43 heavy (non-hydrogen) atoms. The van der Waals surface area contributed by atoms with E-state index >= 15 is 0 Å². The molecule has 2 aliphatic rings. The molecule has 5 rings (SSSR count). The molecular formula is C35H42N2O6. The van der Waals surface area contributed by atoms with Crippen LogP contribution in [0.1, 0.15) is 67.5 Å². The number of para-hydroxylation sites is 1. The van der Waals surface area contributed by atoms with Crippen molar-refractivity contribution in [3.05, 3.63) is 82.4 Å². The van der Waals surface area contributed by atoms with E-state index in [9.17, 15) is 14.7 Å². The molecule has 0 bridgehead atoms. The highest BCUT2D eigenvalue weighted by Gasteiger charge is 2.48. The summed E-state index contributed by atoms with van der Waals surface area (Å²) in [6, 6.07) is 17.0. The Bertz CT molecular complexity index is 1450. The number of rotatable bonds is 11. The molecule has 1 amide bonds. The fourth-order valence-electron chi connectivity index (χ4n) is 6.36. The van der Waals surface area contributed by atoms with Crippen molar-refractivity contribution in [1.29, 1.82) is 0 Å². The minimum Gasteiger partial charge on any atom is -0.493 e. The van der Waals surface area contributed by atoms with E-state index in [0.717, 1.165) is 52.1 Å². The lowest BCUT2D eigenvalue weighted by Crippen LogP contribution is -2.35. The van der Waals surface area contributed by atoms with Crippen LogP contribution in [-0.4, -0.2) is 48.4 Å². The molecule has 0 aliphatic carbocycles. The third-order valence-corrected chi connectivity index (χ3v) is 8.46. The maximum Gasteiger partial charge on any atom is 0.309 e. The van der Waals surface area contributed by atoms with Crippen molar-refractivity contribution in [2.45, 2.75) is 59.4 Å². The van der Waals surface area contributed by atoms with Crippen LogP contribution < -0.4 is 19.5 Å². The molecule has 2 N–H and O–H groups in total. The number of carbonyl (C=O) groups is 2. The number of hydrogen-bond donors (Lipinski definition) is 2. The number of carbonyl (C=O) groups excluding carboxylic acids is 1. The standard InChI is InChI=1S/C35H42N2O6/c1-6-23-9-8-10-24(7-2)33(23)36-31(38)18-37-17-28(27-16-30-29(15-22(27)5)42-20-43-30)32(35(39)40)34(37)25-11-13-26(14-12-25)41-19-21(3)4/h8-16,21,28,32,34H,6-7,17-20H2,1-5H3,(H,36,38)(H,39,40)/t28-,32-,34+/m1/s1. The Kier molecular flexibility index (Phi) is 9.25. The number of nitrogens with zero attached hydrogens (tertiary/aromatic N) is 1. The number of benzene rings is 3. The number of nitrogens with one attached hydrogen (secondary N) is 1. The van der Waals surface area contributed by atoms with Crippen molar-refractivity contribution in [2.24, 2.45) is 11.8 Å². The quantitative estimate of drug-likeness (QED) is 0.270. The minimum absolute atomic E-state index is 0.0569. The molecule has 3 aromatic carbocycles. The van der Waals surface area contributed by atoms with Crippen LogP contribution in [0.15, 0.2) is 54.6 Å². The number of fused-ring (bicyclic) bond motifs is 1. The Morgan fingerprint density at radius 3 is 2.28 bits per heavy atom. The average molecular weight is 587 g/mol. The number of hydrogen-bond acceptors (Lipinski definition) is 6. The molecular weight excluding hydrogens is 544 g/mol. The lowest BCUT2D eigenvalue weighted by molar-refractivity contribution is -0.143. The highest BCUT2D eigenvalue weighted by molar-refractivity contribution is 5.94. The topological polar surface area (TPSA) is 97.3 Å². The summed E-state index contributed by atoms with van der Waals surface area (Å²) in [6.07, 6.45) is 1.60. The van der Waals surface area contributed by atoms with Crippen LogP contribution in [0.2, 0.25) is 0 Å². The molecule has 8 heteroatoms. The molecule has 0 radical (unpaired) electrons. The van der Waals surface area contributed by atoms with E-state index < -0.39 is 17.9 Å². The number of carboxylic acids is 1. The summed E-state index contributed by atoms with van der Waals surface area (Å²) in [6.45, 7) is 11.5. The van der Waals surface area contributed by atoms with Crippen molar-refractivity contribution in [3.8, 4) is 17.2 Å². The molecule has 1 saturated heterocycles. The van der Waals surface area contributed by atoms with Gasteiger partial charge in [0.15, 0.2) is 11.5 Å². The van der Waals surface area contributed by atoms with Gasteiger partial charge in [-0.15, -0.1) is 0 Å². The molecule has 0 unspecified atom stereocenters. The summed E-state index contributed by atoms with van der Waals surface area (Å²) >= 11 is 0. The summed E-state index contributed by atoms with van der Waals surface area (Å²) in [5.41, 5.74) is 5.69. The van der Waals surface area contributed by atoms with E-state index in [1.807, 2.05) is 66.4 Å². The van der Waals surface area contributed by atoms with Crippen molar-refractivity contribution in [1.82, 2.24) is 4.90 Å². The Morgan fingerprint density at radius 2 is 1.67 bits per heavy atom. The number of anilines is 1. The monoisotopic (exact) mass is 586 g/mol. The summed E-state index contributed by atoms with van der Waals surface area (Å²) < 4.78 is 17.1. The molecule has 8 nitrogen and oxygen atoms in total. The van der Waals surface area contributed by atoms with Crippen molar-refractivity contribution in [2.75, 3.05) is 31.8 Å². The van der Waals surface area contributed by atoms with Gasteiger partial charge in [-0.2, -0.15) is 0 Å². The predicted molar refractivity (Wildman–Crippen MR) is 166 cm³/mol. The first-order chi connectivity index (χ1) is 20.7. The number of aryl methyl sites for hydroxylation is 3. The van der Waals surface area contributed by atoms with E-state index in [4.69, 9.17) is 14.2 Å². The van der Waals surface area contributed by atoms with Gasteiger partial charge in [0, 0.05) is 24.2 Å². The van der Waals surface area contributed by atoms with Crippen LogP contribution in [0, 0.1) is 18.8 Å². The third-order valence-electron chi connectivity index (χ3n) is 8.46. The van der Waals surface area contributed by atoms with Gasteiger partial charge in [-0.05, 0) is 77.8 Å². The Balaban J connectivity index is 1.49. The van der Waals surface area contributed by atoms with Crippen molar-refractivity contribution < 1.29 is 28.9 Å². The van der Waals surface area contributed by atoms with E-state index in [1.165, 1.54) is 0 Å². The van der Waals surface area contributed by atoms with Crippen molar-refractivity contribution >= 4 is 17.6 Å². The number of carboxylic acid groups (broad SMARTS) is 1. The van der Waals surface area contributed by atoms with Crippen LogP contribution >= 0.6 is 0 Å². The van der Waals surface area contributed by atoms with Crippen LogP contribution in [0.25, 0.3) is 0 Å². The van der Waals surface area contributed by atoms with Crippen LogP contribution in [-0.2, 0) is 22.4 Å². The first kappa shape index (κ1) is 30.4. The van der Waals surface area contributed by atoms with Gasteiger partial charge >= 0.3 is 5.97 Å². The maximum atomic E-state index is 13.7. The molecule has 228 valence electrons. The normalized spacial score (nSPS) is 19.5. The van der Waals surface area contributed by atoms with Gasteiger partial charge in [0.25, 0.3) is 0 Å². The molecule has 3 aromatic rings.